The van der Waals surface area contributed by atoms with Crippen LogP contribution in [-0.4, -0.2) is 16.2 Å². The Bertz CT molecular complexity index is 698. The number of rotatable bonds is 1. The van der Waals surface area contributed by atoms with Crippen LogP contribution in [0.5, 0.6) is 0 Å². The summed E-state index contributed by atoms with van der Waals surface area (Å²) < 4.78 is 0. The molecule has 0 bridgehead atoms. The summed E-state index contributed by atoms with van der Waals surface area (Å²) in [4.78, 5) is 4.34. The van der Waals surface area contributed by atoms with Crippen molar-refractivity contribution < 1.29 is 5.11 Å². The second-order valence-electron chi connectivity index (χ2n) is 5.79. The summed E-state index contributed by atoms with van der Waals surface area (Å²) in [7, 11) is 0. The Morgan fingerprint density at radius 2 is 1.86 bits per heavy atom. The fraction of sp³-hybridized carbons (Fsp3) is 0.316. The topological polar surface area (TPSA) is 33.1 Å². The van der Waals surface area contributed by atoms with Gasteiger partial charge in [-0.1, -0.05) is 24.1 Å². The van der Waals surface area contributed by atoms with Crippen molar-refractivity contribution in [1.29, 1.82) is 0 Å². The second kappa shape index (κ2) is 5.71. The standard InChI is InChI=1S/C19H19NO/c1-13-4-3-5-14(2)19(13)16-8-9-20-17(12-16)7-6-15-10-18(21)11-15/h3-5,8-9,12,15,18,21H,10-11H2,1-2H3. The van der Waals surface area contributed by atoms with Gasteiger partial charge in [0.2, 0.25) is 0 Å². The van der Waals surface area contributed by atoms with Gasteiger partial charge in [0.1, 0.15) is 5.69 Å². The number of nitrogens with zero attached hydrogens (tertiary/aromatic N) is 1. The predicted octanol–water partition coefficient (Wildman–Crippen LogP) is 3.49. The molecule has 2 heteroatoms. The minimum absolute atomic E-state index is 0.154. The molecule has 106 valence electrons. The lowest BCUT2D eigenvalue weighted by atomic mass is 9.83. The van der Waals surface area contributed by atoms with Crippen molar-refractivity contribution in [1.82, 2.24) is 4.98 Å². The van der Waals surface area contributed by atoms with Crippen LogP contribution in [-0.2, 0) is 0 Å². The Hall–Kier alpha value is -2.11. The molecule has 1 aliphatic rings. The molecule has 0 saturated heterocycles. The van der Waals surface area contributed by atoms with Gasteiger partial charge in [-0.25, -0.2) is 4.98 Å². The molecular weight excluding hydrogens is 258 g/mol. The predicted molar refractivity (Wildman–Crippen MR) is 84.8 cm³/mol. The van der Waals surface area contributed by atoms with Crippen molar-refractivity contribution in [3.63, 3.8) is 0 Å². The number of pyridine rings is 1. The monoisotopic (exact) mass is 277 g/mol. The highest BCUT2D eigenvalue weighted by molar-refractivity contribution is 5.71. The van der Waals surface area contributed by atoms with E-state index in [1.807, 2.05) is 12.3 Å². The van der Waals surface area contributed by atoms with Crippen LogP contribution in [0.1, 0.15) is 29.7 Å². The van der Waals surface area contributed by atoms with Gasteiger partial charge in [-0.2, -0.15) is 0 Å². The summed E-state index contributed by atoms with van der Waals surface area (Å²) >= 11 is 0. The largest absolute Gasteiger partial charge is 0.393 e. The van der Waals surface area contributed by atoms with E-state index in [9.17, 15) is 5.11 Å². The maximum atomic E-state index is 9.29. The van der Waals surface area contributed by atoms with E-state index >= 15 is 0 Å². The number of aryl methyl sites for hydroxylation is 2. The van der Waals surface area contributed by atoms with E-state index in [0.29, 0.717) is 5.92 Å². The van der Waals surface area contributed by atoms with Gasteiger partial charge in [0.25, 0.3) is 0 Å². The summed E-state index contributed by atoms with van der Waals surface area (Å²) in [5, 5.41) is 9.29. The molecule has 3 rings (SSSR count). The first-order chi connectivity index (χ1) is 10.1. The lowest BCUT2D eigenvalue weighted by Gasteiger charge is -2.26. The molecule has 1 aliphatic carbocycles. The van der Waals surface area contributed by atoms with Gasteiger partial charge < -0.3 is 5.11 Å². The molecule has 0 spiro atoms. The number of aliphatic hydroxyl groups is 1. The Morgan fingerprint density at radius 3 is 2.52 bits per heavy atom. The van der Waals surface area contributed by atoms with Crippen molar-refractivity contribution in [2.24, 2.45) is 5.92 Å². The summed E-state index contributed by atoms with van der Waals surface area (Å²) in [6, 6.07) is 10.4. The molecule has 1 fully saturated rings. The molecule has 1 aromatic carbocycles. The van der Waals surface area contributed by atoms with E-state index in [1.54, 1.807) is 0 Å². The van der Waals surface area contributed by atoms with Crippen LogP contribution in [0, 0.1) is 31.6 Å². The van der Waals surface area contributed by atoms with Crippen molar-refractivity contribution in [2.45, 2.75) is 32.8 Å². The van der Waals surface area contributed by atoms with Crippen molar-refractivity contribution in [3.8, 4) is 23.0 Å². The smallest absolute Gasteiger partial charge is 0.113 e. The van der Waals surface area contributed by atoms with Crippen LogP contribution in [0.25, 0.3) is 11.1 Å². The molecule has 21 heavy (non-hydrogen) atoms. The van der Waals surface area contributed by atoms with Gasteiger partial charge in [0, 0.05) is 12.1 Å². The Kier molecular flexibility index (Phi) is 3.77. The zero-order chi connectivity index (χ0) is 14.8. The third kappa shape index (κ3) is 2.99. The lowest BCUT2D eigenvalue weighted by molar-refractivity contribution is 0.0665. The van der Waals surface area contributed by atoms with Crippen LogP contribution in [0.4, 0.5) is 0 Å². The number of aliphatic hydroxyl groups excluding tert-OH is 1. The highest BCUT2D eigenvalue weighted by Crippen LogP contribution is 2.28. The lowest BCUT2D eigenvalue weighted by Crippen LogP contribution is -2.26. The highest BCUT2D eigenvalue weighted by atomic mass is 16.3. The molecule has 0 unspecified atom stereocenters. The molecule has 1 aromatic heterocycles. The fourth-order valence-corrected chi connectivity index (χ4v) is 2.81. The Balaban J connectivity index is 1.90. The van der Waals surface area contributed by atoms with Crippen molar-refractivity contribution >= 4 is 0 Å². The number of hydrogen-bond donors (Lipinski definition) is 1. The minimum Gasteiger partial charge on any atom is -0.393 e. The second-order valence-corrected chi connectivity index (χ2v) is 5.79. The molecule has 0 atom stereocenters. The first-order valence-electron chi connectivity index (χ1n) is 7.36. The number of benzene rings is 1. The van der Waals surface area contributed by atoms with E-state index in [4.69, 9.17) is 0 Å². The van der Waals surface area contributed by atoms with Gasteiger partial charge in [-0.15, -0.1) is 0 Å². The number of aromatic nitrogens is 1. The molecule has 0 amide bonds. The first kappa shape index (κ1) is 13.9. The van der Waals surface area contributed by atoms with Gasteiger partial charge in [-0.3, -0.25) is 0 Å². The fourth-order valence-electron chi connectivity index (χ4n) is 2.81. The minimum atomic E-state index is -0.154. The molecule has 1 saturated carbocycles. The van der Waals surface area contributed by atoms with Crippen LogP contribution in [0.2, 0.25) is 0 Å². The average molecular weight is 277 g/mol. The molecule has 2 aromatic rings. The van der Waals surface area contributed by atoms with E-state index in [2.05, 4.69) is 54.9 Å². The molecule has 1 N–H and O–H groups in total. The normalized spacial score (nSPS) is 20.3. The maximum Gasteiger partial charge on any atom is 0.113 e. The summed E-state index contributed by atoms with van der Waals surface area (Å²) in [5.41, 5.74) is 5.77. The van der Waals surface area contributed by atoms with E-state index in [0.717, 1.165) is 18.5 Å². The summed E-state index contributed by atoms with van der Waals surface area (Å²) in [6.45, 7) is 4.26. The molecule has 0 radical (unpaired) electrons. The zero-order valence-electron chi connectivity index (χ0n) is 12.4. The molecular formula is C19H19NO. The summed E-state index contributed by atoms with van der Waals surface area (Å²) in [6.07, 6.45) is 3.26. The van der Waals surface area contributed by atoms with Crippen molar-refractivity contribution in [3.05, 3.63) is 53.3 Å². The Morgan fingerprint density at radius 1 is 1.14 bits per heavy atom. The van der Waals surface area contributed by atoms with Gasteiger partial charge in [0.15, 0.2) is 0 Å². The Labute approximate surface area is 125 Å². The third-order valence-electron chi connectivity index (χ3n) is 4.05. The van der Waals surface area contributed by atoms with Crippen LogP contribution in [0.15, 0.2) is 36.5 Å². The third-order valence-corrected chi connectivity index (χ3v) is 4.05. The SMILES string of the molecule is Cc1cccc(C)c1-c1ccnc(C#CC2CC(O)C2)c1. The van der Waals surface area contributed by atoms with Crippen LogP contribution < -0.4 is 0 Å². The van der Waals surface area contributed by atoms with E-state index in [1.165, 1.54) is 22.3 Å². The van der Waals surface area contributed by atoms with Gasteiger partial charge in [0.05, 0.1) is 6.10 Å². The maximum absolute atomic E-state index is 9.29. The van der Waals surface area contributed by atoms with Gasteiger partial charge in [-0.05, 0) is 67.0 Å². The molecule has 2 nitrogen and oxygen atoms in total. The zero-order valence-corrected chi connectivity index (χ0v) is 12.4. The van der Waals surface area contributed by atoms with E-state index < -0.39 is 0 Å². The highest BCUT2D eigenvalue weighted by Gasteiger charge is 2.25. The van der Waals surface area contributed by atoms with Crippen molar-refractivity contribution in [2.75, 3.05) is 0 Å². The van der Waals surface area contributed by atoms with Gasteiger partial charge >= 0.3 is 0 Å². The van der Waals surface area contributed by atoms with E-state index in [-0.39, 0.29) is 6.10 Å². The van der Waals surface area contributed by atoms with Crippen LogP contribution >= 0.6 is 0 Å². The summed E-state index contributed by atoms with van der Waals surface area (Å²) in [5.74, 6) is 6.67. The average Bonchev–Trinajstić information content (AvgIpc) is 2.43. The number of hydrogen-bond acceptors (Lipinski definition) is 2. The molecule has 1 heterocycles. The molecule has 0 aliphatic heterocycles. The van der Waals surface area contributed by atoms with Crippen LogP contribution in [0.3, 0.4) is 0 Å². The quantitative estimate of drug-likeness (QED) is 0.809. The first-order valence-corrected chi connectivity index (χ1v) is 7.36.